The minimum absolute atomic E-state index is 0.0396. The molecule has 7 atom stereocenters. The van der Waals surface area contributed by atoms with Crippen molar-refractivity contribution in [2.75, 3.05) is 6.61 Å². The van der Waals surface area contributed by atoms with Crippen LogP contribution in [-0.2, 0) is 14.4 Å². The third-order valence-electron chi connectivity index (χ3n) is 9.25. The monoisotopic (exact) mass is 411 g/mol. The predicted molar refractivity (Wildman–Crippen MR) is 115 cm³/mol. The standard InChI is InChI=1S/C26H37NO3/c1-26-20-16-22(24(26)19-12-6-3-7-13-19)25(30-27(26)28-17-20)29-23-15-9-8-14-21(23)18-10-4-2-5-11-18/h2,4-5,10-11,19-25H,3,6-9,12-17H2,1H3/t20-,21-,22+,23+,24+,25-,26-/m0/s1. The first-order valence-corrected chi connectivity index (χ1v) is 12.6. The van der Waals surface area contributed by atoms with Crippen LogP contribution in [0.4, 0.5) is 0 Å². The Kier molecular flexibility index (Phi) is 5.18. The Morgan fingerprint density at radius 2 is 1.73 bits per heavy atom. The highest BCUT2D eigenvalue weighted by molar-refractivity contribution is 5.21. The van der Waals surface area contributed by atoms with E-state index < -0.39 is 0 Å². The molecule has 2 saturated heterocycles. The van der Waals surface area contributed by atoms with Gasteiger partial charge in [-0.25, -0.2) is 4.84 Å². The number of hydrogen-bond acceptors (Lipinski definition) is 4. The van der Waals surface area contributed by atoms with Crippen molar-refractivity contribution in [3.8, 4) is 0 Å². The molecule has 30 heavy (non-hydrogen) atoms. The quantitative estimate of drug-likeness (QED) is 0.623. The molecule has 0 amide bonds. The van der Waals surface area contributed by atoms with Crippen molar-refractivity contribution in [1.29, 1.82) is 0 Å². The molecular weight excluding hydrogens is 374 g/mol. The fraction of sp³-hybridized carbons (Fsp3) is 0.769. The molecule has 5 fully saturated rings. The zero-order valence-corrected chi connectivity index (χ0v) is 18.4. The van der Waals surface area contributed by atoms with Gasteiger partial charge in [-0.3, -0.25) is 4.84 Å². The van der Waals surface area contributed by atoms with E-state index in [-0.39, 0.29) is 17.9 Å². The lowest BCUT2D eigenvalue weighted by molar-refractivity contribution is -0.469. The molecule has 2 heterocycles. The summed E-state index contributed by atoms with van der Waals surface area (Å²) in [5, 5.41) is 1.91. The zero-order chi connectivity index (χ0) is 20.1. The van der Waals surface area contributed by atoms with Crippen LogP contribution in [0.25, 0.3) is 0 Å². The van der Waals surface area contributed by atoms with Crippen LogP contribution in [0, 0.1) is 23.7 Å². The highest BCUT2D eigenvalue weighted by Crippen LogP contribution is 2.61. The number of hydroxylamine groups is 2. The lowest BCUT2D eigenvalue weighted by Gasteiger charge is -2.50. The number of rotatable bonds is 4. The summed E-state index contributed by atoms with van der Waals surface area (Å²) in [6, 6.07) is 11.0. The maximum Gasteiger partial charge on any atom is 0.183 e. The van der Waals surface area contributed by atoms with Gasteiger partial charge in [-0.15, -0.1) is 0 Å². The second-order valence-electron chi connectivity index (χ2n) is 10.7. The Morgan fingerprint density at radius 3 is 2.57 bits per heavy atom. The van der Waals surface area contributed by atoms with Crippen LogP contribution < -0.4 is 0 Å². The van der Waals surface area contributed by atoms with Crippen LogP contribution in [-0.4, -0.2) is 29.8 Å². The van der Waals surface area contributed by atoms with E-state index in [0.717, 1.165) is 18.9 Å². The summed E-state index contributed by atoms with van der Waals surface area (Å²) in [4.78, 5) is 12.6. The lowest BCUT2D eigenvalue weighted by Crippen LogP contribution is -2.58. The molecule has 0 unspecified atom stereocenters. The van der Waals surface area contributed by atoms with Crippen molar-refractivity contribution in [2.24, 2.45) is 23.7 Å². The van der Waals surface area contributed by atoms with Crippen LogP contribution >= 0.6 is 0 Å². The second-order valence-corrected chi connectivity index (χ2v) is 10.7. The fourth-order valence-corrected chi connectivity index (χ4v) is 7.78. The molecule has 1 aromatic carbocycles. The van der Waals surface area contributed by atoms with Gasteiger partial charge in [-0.2, -0.15) is 0 Å². The molecule has 0 aromatic heterocycles. The van der Waals surface area contributed by atoms with Crippen molar-refractivity contribution in [1.82, 2.24) is 5.23 Å². The van der Waals surface area contributed by atoms with Crippen molar-refractivity contribution >= 4 is 0 Å². The van der Waals surface area contributed by atoms with E-state index in [1.54, 1.807) is 0 Å². The average Bonchev–Trinajstić information content (AvgIpc) is 3.23. The number of nitrogens with zero attached hydrogens (tertiary/aromatic N) is 1. The van der Waals surface area contributed by atoms with Crippen LogP contribution in [0.1, 0.15) is 82.6 Å². The Labute approximate surface area is 181 Å². The van der Waals surface area contributed by atoms with Gasteiger partial charge < -0.3 is 4.74 Å². The summed E-state index contributed by atoms with van der Waals surface area (Å²) in [6.45, 7) is 3.23. The highest BCUT2D eigenvalue weighted by Gasteiger charge is 2.68. The smallest absolute Gasteiger partial charge is 0.183 e. The highest BCUT2D eigenvalue weighted by atomic mass is 17.0. The van der Waals surface area contributed by atoms with Crippen LogP contribution in [0.15, 0.2) is 30.3 Å². The van der Waals surface area contributed by atoms with Gasteiger partial charge >= 0.3 is 0 Å². The van der Waals surface area contributed by atoms with Gasteiger partial charge in [0.1, 0.15) is 0 Å². The molecule has 6 rings (SSSR count). The summed E-state index contributed by atoms with van der Waals surface area (Å²) in [5.74, 6) is 3.03. The van der Waals surface area contributed by atoms with Gasteiger partial charge in [0.05, 0.1) is 18.2 Å². The third kappa shape index (κ3) is 3.09. The van der Waals surface area contributed by atoms with Gasteiger partial charge in [-0.05, 0) is 43.6 Å². The fourth-order valence-electron chi connectivity index (χ4n) is 7.78. The number of fused-ring (bicyclic) bond motifs is 1. The SMILES string of the molecule is C[C@@]12[C@@H]3CON1O[C@H](O[C@@H]1CCCC[C@H]1c1ccccc1)[C@H](C3)[C@H]2C1CCCCC1. The zero-order valence-electron chi connectivity index (χ0n) is 18.4. The topological polar surface area (TPSA) is 30.9 Å². The first-order valence-electron chi connectivity index (χ1n) is 12.6. The summed E-state index contributed by atoms with van der Waals surface area (Å²) >= 11 is 0. The Hall–Kier alpha value is -0.940. The minimum atomic E-state index is -0.149. The molecule has 4 nitrogen and oxygen atoms in total. The lowest BCUT2D eigenvalue weighted by atomic mass is 9.68. The molecule has 164 valence electrons. The second kappa shape index (κ2) is 7.88. The molecule has 4 heteroatoms. The van der Waals surface area contributed by atoms with Gasteiger partial charge in [0.25, 0.3) is 0 Å². The molecule has 0 radical (unpaired) electrons. The maximum atomic E-state index is 6.90. The molecule has 3 aliphatic carbocycles. The third-order valence-corrected chi connectivity index (χ3v) is 9.25. The normalized spacial score (nSPS) is 44.4. The van der Waals surface area contributed by atoms with Crippen LogP contribution in [0.2, 0.25) is 0 Å². The van der Waals surface area contributed by atoms with Gasteiger partial charge in [0.2, 0.25) is 0 Å². The molecule has 2 bridgehead atoms. The average molecular weight is 412 g/mol. The molecule has 3 saturated carbocycles. The van der Waals surface area contributed by atoms with Crippen molar-refractivity contribution in [2.45, 2.75) is 95.0 Å². The molecule has 1 aromatic rings. The van der Waals surface area contributed by atoms with Crippen LogP contribution in [0.5, 0.6) is 0 Å². The van der Waals surface area contributed by atoms with Crippen molar-refractivity contribution < 1.29 is 14.4 Å². The summed E-state index contributed by atoms with van der Waals surface area (Å²) in [7, 11) is 0. The first kappa shape index (κ1) is 19.7. The largest absolute Gasteiger partial charge is 0.347 e. The molecule has 0 spiro atoms. The van der Waals surface area contributed by atoms with E-state index in [4.69, 9.17) is 14.4 Å². The number of ether oxygens (including phenoxy) is 1. The predicted octanol–water partition coefficient (Wildman–Crippen LogP) is 5.84. The van der Waals surface area contributed by atoms with Crippen molar-refractivity contribution in [3.63, 3.8) is 0 Å². The summed E-state index contributed by atoms with van der Waals surface area (Å²) in [5.41, 5.74) is 1.47. The van der Waals surface area contributed by atoms with E-state index in [2.05, 4.69) is 37.3 Å². The van der Waals surface area contributed by atoms with Gasteiger partial charge in [0, 0.05) is 17.8 Å². The Balaban J connectivity index is 1.26. The number of benzene rings is 1. The summed E-state index contributed by atoms with van der Waals surface area (Å²) in [6.07, 6.45) is 13.2. The molecule has 5 aliphatic rings. The number of hydrogen-bond donors (Lipinski definition) is 0. The molecule has 0 N–H and O–H groups in total. The van der Waals surface area contributed by atoms with E-state index in [9.17, 15) is 0 Å². The summed E-state index contributed by atoms with van der Waals surface area (Å²) < 4.78 is 6.90. The maximum absolute atomic E-state index is 6.90. The van der Waals surface area contributed by atoms with Crippen molar-refractivity contribution in [3.05, 3.63) is 35.9 Å². The van der Waals surface area contributed by atoms with Gasteiger partial charge in [0.15, 0.2) is 6.29 Å². The minimum Gasteiger partial charge on any atom is -0.347 e. The first-order chi connectivity index (χ1) is 14.7. The Bertz CT molecular complexity index is 735. The van der Waals surface area contributed by atoms with E-state index in [1.165, 1.54) is 63.4 Å². The van der Waals surface area contributed by atoms with E-state index in [0.29, 0.717) is 23.7 Å². The molecular formula is C26H37NO3. The molecule has 2 aliphatic heterocycles. The Morgan fingerprint density at radius 1 is 0.967 bits per heavy atom. The van der Waals surface area contributed by atoms with Gasteiger partial charge in [-0.1, -0.05) is 80.5 Å². The van der Waals surface area contributed by atoms with Crippen LogP contribution in [0.3, 0.4) is 0 Å². The van der Waals surface area contributed by atoms with E-state index in [1.807, 2.05) is 5.23 Å². The van der Waals surface area contributed by atoms with E-state index >= 15 is 0 Å².